The first-order chi connectivity index (χ1) is 8.40. The van der Waals surface area contributed by atoms with Crippen LogP contribution in [0.15, 0.2) is 24.3 Å². The Morgan fingerprint density at radius 1 is 1.61 bits per heavy atom. The van der Waals surface area contributed by atoms with Gasteiger partial charge in [0.2, 0.25) is 6.54 Å². The predicted molar refractivity (Wildman–Crippen MR) is 63.8 cm³/mol. The maximum atomic E-state index is 11.7. The summed E-state index contributed by atoms with van der Waals surface area (Å²) in [5.41, 5.74) is -2.30. The van der Waals surface area contributed by atoms with E-state index in [0.29, 0.717) is 0 Å². The number of carbonyl (C=O) groups excluding carboxylic acids is 1. The second kappa shape index (κ2) is 5.79. The molecular weight excluding hydrogens is 262 g/mol. The van der Waals surface area contributed by atoms with Gasteiger partial charge in [0.15, 0.2) is 0 Å². The van der Waals surface area contributed by atoms with E-state index in [1.54, 1.807) is 6.92 Å². The van der Waals surface area contributed by atoms with Gasteiger partial charge in [0.25, 0.3) is 5.60 Å². The molecule has 0 aliphatic carbocycles. The number of aliphatic hydroxyl groups is 1. The fourth-order valence-corrected chi connectivity index (χ4v) is 1.65. The molecular formula is C11H12ClNO5. The number of nitro groups is 1. The van der Waals surface area contributed by atoms with Gasteiger partial charge in [-0.3, -0.25) is 10.1 Å². The highest BCUT2D eigenvalue weighted by atomic mass is 35.5. The van der Waals surface area contributed by atoms with Gasteiger partial charge >= 0.3 is 5.97 Å². The minimum Gasteiger partial charge on any atom is -0.463 e. The van der Waals surface area contributed by atoms with Crippen LogP contribution in [0, 0.1) is 10.1 Å². The molecule has 0 heterocycles. The number of ether oxygens (including phenoxy) is 1. The van der Waals surface area contributed by atoms with Crippen LogP contribution in [0.2, 0.25) is 5.02 Å². The normalized spacial score (nSPS) is 13.7. The molecule has 1 rings (SSSR count). The molecule has 1 aromatic rings. The zero-order chi connectivity index (χ0) is 13.8. The van der Waals surface area contributed by atoms with Crippen LogP contribution in [-0.4, -0.2) is 29.2 Å². The van der Waals surface area contributed by atoms with Gasteiger partial charge in [-0.1, -0.05) is 23.7 Å². The summed E-state index contributed by atoms with van der Waals surface area (Å²) < 4.78 is 4.67. The summed E-state index contributed by atoms with van der Waals surface area (Å²) in [4.78, 5) is 21.5. The van der Waals surface area contributed by atoms with Gasteiger partial charge in [-0.25, -0.2) is 4.79 Å². The number of nitrogens with zero attached hydrogens (tertiary/aromatic N) is 1. The maximum Gasteiger partial charge on any atom is 0.349 e. The lowest BCUT2D eigenvalue weighted by molar-refractivity contribution is -0.499. The number of benzene rings is 1. The van der Waals surface area contributed by atoms with Crippen molar-refractivity contribution in [3.63, 3.8) is 0 Å². The molecule has 0 radical (unpaired) electrons. The topological polar surface area (TPSA) is 89.7 Å². The summed E-state index contributed by atoms with van der Waals surface area (Å²) in [7, 11) is 0. The lowest BCUT2D eigenvalue weighted by atomic mass is 9.94. The Hall–Kier alpha value is -1.66. The monoisotopic (exact) mass is 273 g/mol. The minimum absolute atomic E-state index is 0.0133. The zero-order valence-electron chi connectivity index (χ0n) is 9.63. The molecule has 0 amide bonds. The van der Waals surface area contributed by atoms with E-state index in [0.717, 1.165) is 0 Å². The fourth-order valence-electron chi connectivity index (χ4n) is 1.46. The highest BCUT2D eigenvalue weighted by Crippen LogP contribution is 2.25. The largest absolute Gasteiger partial charge is 0.463 e. The van der Waals surface area contributed by atoms with Crippen LogP contribution in [0.3, 0.4) is 0 Å². The van der Waals surface area contributed by atoms with Crippen molar-refractivity contribution < 1.29 is 19.6 Å². The third-order valence-corrected chi connectivity index (χ3v) is 2.51. The summed E-state index contributed by atoms with van der Waals surface area (Å²) in [6.07, 6.45) is 0. The molecule has 6 nitrogen and oxygen atoms in total. The number of rotatable bonds is 5. The van der Waals surface area contributed by atoms with Crippen molar-refractivity contribution in [3.8, 4) is 0 Å². The maximum absolute atomic E-state index is 11.7. The average molecular weight is 274 g/mol. The average Bonchev–Trinajstić information content (AvgIpc) is 2.28. The van der Waals surface area contributed by atoms with Crippen LogP contribution in [0.1, 0.15) is 12.5 Å². The predicted octanol–water partition coefficient (Wildman–Crippen LogP) is 1.37. The number of hydrogen-bond donors (Lipinski definition) is 1. The highest BCUT2D eigenvalue weighted by Gasteiger charge is 2.45. The van der Waals surface area contributed by atoms with Gasteiger partial charge in [-0.2, -0.15) is 0 Å². The van der Waals surface area contributed by atoms with E-state index in [2.05, 4.69) is 4.74 Å². The van der Waals surface area contributed by atoms with E-state index in [9.17, 15) is 20.0 Å². The van der Waals surface area contributed by atoms with Crippen LogP contribution in [-0.2, 0) is 15.1 Å². The second-order valence-corrected chi connectivity index (χ2v) is 4.02. The quantitative estimate of drug-likeness (QED) is 0.497. The molecule has 1 aromatic carbocycles. The first-order valence-corrected chi connectivity index (χ1v) is 5.55. The molecule has 98 valence electrons. The SMILES string of the molecule is CCOC(=O)[C@@](O)(C[N+](=O)[O-])c1cccc(Cl)c1. The molecule has 0 unspecified atom stereocenters. The van der Waals surface area contributed by atoms with Crippen LogP contribution in [0.5, 0.6) is 0 Å². The lowest BCUT2D eigenvalue weighted by Gasteiger charge is -2.22. The molecule has 0 aliphatic heterocycles. The molecule has 1 atom stereocenters. The molecule has 7 heteroatoms. The van der Waals surface area contributed by atoms with Crippen molar-refractivity contribution in [2.24, 2.45) is 0 Å². The Balaban J connectivity index is 3.19. The van der Waals surface area contributed by atoms with Crippen LogP contribution < -0.4 is 0 Å². The molecule has 0 bridgehead atoms. The van der Waals surface area contributed by atoms with Crippen molar-refractivity contribution in [2.45, 2.75) is 12.5 Å². The van der Waals surface area contributed by atoms with Crippen LogP contribution in [0.25, 0.3) is 0 Å². The highest BCUT2D eigenvalue weighted by molar-refractivity contribution is 6.30. The Morgan fingerprint density at radius 2 is 2.28 bits per heavy atom. The van der Waals surface area contributed by atoms with E-state index in [1.165, 1.54) is 24.3 Å². The summed E-state index contributed by atoms with van der Waals surface area (Å²) in [6.45, 7) is 0.577. The standard InChI is InChI=1S/C11H12ClNO5/c1-2-18-10(14)11(15,7-13(16)17)8-4-3-5-9(12)6-8/h3-6,15H,2,7H2,1H3/t11-/m1/s1. The van der Waals surface area contributed by atoms with E-state index < -0.39 is 23.0 Å². The minimum atomic E-state index is -2.33. The summed E-state index contributed by atoms with van der Waals surface area (Å²) in [5, 5.41) is 21.1. The van der Waals surface area contributed by atoms with Gasteiger partial charge in [-0.15, -0.1) is 0 Å². The Kier molecular flexibility index (Phi) is 4.63. The van der Waals surface area contributed by atoms with Gasteiger partial charge in [0.1, 0.15) is 0 Å². The zero-order valence-corrected chi connectivity index (χ0v) is 10.4. The van der Waals surface area contributed by atoms with Crippen molar-refractivity contribution in [3.05, 3.63) is 45.0 Å². The van der Waals surface area contributed by atoms with Crippen molar-refractivity contribution >= 4 is 17.6 Å². The number of halogens is 1. The smallest absolute Gasteiger partial charge is 0.349 e. The van der Waals surface area contributed by atoms with Crippen molar-refractivity contribution in [1.29, 1.82) is 0 Å². The molecule has 18 heavy (non-hydrogen) atoms. The molecule has 0 saturated heterocycles. The van der Waals surface area contributed by atoms with E-state index in [1.807, 2.05) is 0 Å². The number of esters is 1. The second-order valence-electron chi connectivity index (χ2n) is 3.58. The van der Waals surface area contributed by atoms with E-state index >= 15 is 0 Å². The molecule has 0 saturated carbocycles. The third-order valence-electron chi connectivity index (χ3n) is 2.27. The Morgan fingerprint density at radius 3 is 2.78 bits per heavy atom. The van der Waals surface area contributed by atoms with Gasteiger partial charge in [0, 0.05) is 15.5 Å². The molecule has 1 N–H and O–H groups in total. The molecule has 0 aromatic heterocycles. The summed E-state index contributed by atoms with van der Waals surface area (Å²) in [5.74, 6) is -1.07. The van der Waals surface area contributed by atoms with E-state index in [4.69, 9.17) is 11.6 Å². The lowest BCUT2D eigenvalue weighted by Crippen LogP contribution is -2.43. The molecule has 0 fully saturated rings. The number of carbonyl (C=O) groups is 1. The summed E-state index contributed by atoms with van der Waals surface area (Å²) >= 11 is 5.74. The first-order valence-electron chi connectivity index (χ1n) is 5.17. The Labute approximate surface area is 108 Å². The summed E-state index contributed by atoms with van der Waals surface area (Å²) in [6, 6.07) is 5.69. The van der Waals surface area contributed by atoms with Crippen molar-refractivity contribution in [2.75, 3.05) is 13.2 Å². The Bertz CT molecular complexity index is 465. The van der Waals surface area contributed by atoms with Gasteiger partial charge in [-0.05, 0) is 19.1 Å². The van der Waals surface area contributed by atoms with Gasteiger partial charge in [0.05, 0.1) is 6.61 Å². The van der Waals surface area contributed by atoms with Crippen molar-refractivity contribution in [1.82, 2.24) is 0 Å². The van der Waals surface area contributed by atoms with Gasteiger partial charge < -0.3 is 9.84 Å². The molecule has 0 spiro atoms. The van der Waals surface area contributed by atoms with Crippen LogP contribution in [0.4, 0.5) is 0 Å². The third kappa shape index (κ3) is 3.18. The van der Waals surface area contributed by atoms with Crippen LogP contribution >= 0.6 is 11.6 Å². The van der Waals surface area contributed by atoms with E-state index in [-0.39, 0.29) is 17.2 Å². The number of hydrogen-bond acceptors (Lipinski definition) is 5. The first kappa shape index (κ1) is 14.4. The molecule has 0 aliphatic rings. The fraction of sp³-hybridized carbons (Fsp3) is 0.364.